The first-order valence-corrected chi connectivity index (χ1v) is 11.2. The Kier molecular flexibility index (Phi) is 5.49. The molecule has 4 aromatic carbocycles. The first kappa shape index (κ1) is 22.2. The standard InChI is InChI=1S/C29H21NO5/c1-17-10-12-20(13-11-17)26(31)18(2)35-29(34)21-14-15-23-24(16-21)28(33)30(27(23)32)25-9-5-7-19-6-3-4-8-22(19)25/h3-16,18H,1-2H3/t18-/m0/s1. The summed E-state index contributed by atoms with van der Waals surface area (Å²) in [6, 6.07) is 24.1. The van der Waals surface area contributed by atoms with Crippen LogP contribution in [-0.2, 0) is 4.74 Å². The van der Waals surface area contributed by atoms with Gasteiger partial charge in [-0.1, -0.05) is 66.2 Å². The van der Waals surface area contributed by atoms with Gasteiger partial charge in [-0.3, -0.25) is 14.4 Å². The maximum Gasteiger partial charge on any atom is 0.338 e. The molecule has 0 saturated carbocycles. The Morgan fingerprint density at radius 2 is 1.43 bits per heavy atom. The number of nitrogens with zero attached hydrogens (tertiary/aromatic N) is 1. The molecule has 1 atom stereocenters. The average molecular weight is 463 g/mol. The minimum Gasteiger partial charge on any atom is -0.451 e. The third kappa shape index (κ3) is 3.89. The van der Waals surface area contributed by atoms with Crippen molar-refractivity contribution in [2.24, 2.45) is 0 Å². The monoisotopic (exact) mass is 463 g/mol. The van der Waals surface area contributed by atoms with Crippen LogP contribution in [0.15, 0.2) is 84.9 Å². The van der Waals surface area contributed by atoms with Gasteiger partial charge in [-0.25, -0.2) is 9.69 Å². The topological polar surface area (TPSA) is 80.8 Å². The van der Waals surface area contributed by atoms with E-state index in [0.717, 1.165) is 21.2 Å². The fraction of sp³-hybridized carbons (Fsp3) is 0.103. The predicted molar refractivity (Wildman–Crippen MR) is 132 cm³/mol. The lowest BCUT2D eigenvalue weighted by molar-refractivity contribution is 0.0318. The molecule has 0 unspecified atom stereocenters. The highest BCUT2D eigenvalue weighted by Gasteiger charge is 2.38. The molecule has 0 radical (unpaired) electrons. The second-order valence-corrected chi connectivity index (χ2v) is 8.48. The second-order valence-electron chi connectivity index (χ2n) is 8.48. The molecule has 1 aliphatic rings. The van der Waals surface area contributed by atoms with Gasteiger partial charge in [-0.15, -0.1) is 0 Å². The lowest BCUT2D eigenvalue weighted by atomic mass is 10.0. The zero-order chi connectivity index (χ0) is 24.7. The fourth-order valence-electron chi connectivity index (χ4n) is 4.22. The molecule has 6 nitrogen and oxygen atoms in total. The number of hydrogen-bond donors (Lipinski definition) is 0. The van der Waals surface area contributed by atoms with Gasteiger partial charge in [-0.05, 0) is 43.5 Å². The number of imide groups is 1. The number of benzene rings is 4. The Morgan fingerprint density at radius 3 is 2.20 bits per heavy atom. The molecule has 1 heterocycles. The lowest BCUT2D eigenvalue weighted by Gasteiger charge is -2.16. The quantitative estimate of drug-likeness (QED) is 0.226. The van der Waals surface area contributed by atoms with Gasteiger partial charge < -0.3 is 4.74 Å². The number of hydrogen-bond acceptors (Lipinski definition) is 5. The van der Waals surface area contributed by atoms with Crippen molar-refractivity contribution in [3.8, 4) is 0 Å². The molecule has 0 aromatic heterocycles. The largest absolute Gasteiger partial charge is 0.451 e. The summed E-state index contributed by atoms with van der Waals surface area (Å²) in [5.41, 5.74) is 2.36. The van der Waals surface area contributed by atoms with E-state index < -0.39 is 23.9 Å². The highest BCUT2D eigenvalue weighted by Crippen LogP contribution is 2.34. The smallest absolute Gasteiger partial charge is 0.338 e. The number of ether oxygens (including phenoxy) is 1. The van der Waals surface area contributed by atoms with E-state index in [1.165, 1.54) is 25.1 Å². The summed E-state index contributed by atoms with van der Waals surface area (Å²) >= 11 is 0. The molecule has 1 aliphatic heterocycles. The number of esters is 1. The molecule has 172 valence electrons. The maximum absolute atomic E-state index is 13.3. The summed E-state index contributed by atoms with van der Waals surface area (Å²) in [4.78, 5) is 52.9. The molecule has 0 aliphatic carbocycles. The number of fused-ring (bicyclic) bond motifs is 2. The number of carbonyl (C=O) groups excluding carboxylic acids is 4. The molecule has 2 amide bonds. The fourth-order valence-corrected chi connectivity index (χ4v) is 4.22. The van der Waals surface area contributed by atoms with Gasteiger partial charge in [0.25, 0.3) is 11.8 Å². The van der Waals surface area contributed by atoms with Crippen LogP contribution in [0.1, 0.15) is 53.9 Å². The van der Waals surface area contributed by atoms with E-state index in [1.807, 2.05) is 49.4 Å². The van der Waals surface area contributed by atoms with Crippen LogP contribution in [0.5, 0.6) is 0 Å². The number of aryl methyl sites for hydroxylation is 1. The molecule has 35 heavy (non-hydrogen) atoms. The summed E-state index contributed by atoms with van der Waals surface area (Å²) < 4.78 is 5.38. The van der Waals surface area contributed by atoms with E-state index >= 15 is 0 Å². The van der Waals surface area contributed by atoms with E-state index in [-0.39, 0.29) is 22.5 Å². The van der Waals surface area contributed by atoms with Crippen molar-refractivity contribution in [2.45, 2.75) is 20.0 Å². The summed E-state index contributed by atoms with van der Waals surface area (Å²) in [7, 11) is 0. The summed E-state index contributed by atoms with van der Waals surface area (Å²) in [6.45, 7) is 3.42. The summed E-state index contributed by atoms with van der Waals surface area (Å²) in [6.07, 6.45) is -1.01. The Bertz CT molecular complexity index is 1510. The normalized spacial score (nSPS) is 13.6. The first-order valence-electron chi connectivity index (χ1n) is 11.2. The SMILES string of the molecule is Cc1ccc(C(=O)[C@H](C)OC(=O)c2ccc3c(c2)C(=O)N(c2cccc4ccccc24)C3=O)cc1. The Morgan fingerprint density at radius 1 is 0.771 bits per heavy atom. The van der Waals surface area contributed by atoms with Gasteiger partial charge in [0.2, 0.25) is 5.78 Å². The van der Waals surface area contributed by atoms with E-state index in [1.54, 1.807) is 24.3 Å². The van der Waals surface area contributed by atoms with Gasteiger partial charge in [0, 0.05) is 10.9 Å². The first-order chi connectivity index (χ1) is 16.8. The van der Waals surface area contributed by atoms with Crippen LogP contribution in [0.3, 0.4) is 0 Å². The van der Waals surface area contributed by atoms with Crippen LogP contribution in [0.25, 0.3) is 10.8 Å². The van der Waals surface area contributed by atoms with Crippen molar-refractivity contribution < 1.29 is 23.9 Å². The Labute approximate surface area is 201 Å². The van der Waals surface area contributed by atoms with Crippen LogP contribution in [0.4, 0.5) is 5.69 Å². The average Bonchev–Trinajstić information content (AvgIpc) is 3.12. The molecular weight excluding hydrogens is 442 g/mol. The van der Waals surface area contributed by atoms with Crippen molar-refractivity contribution in [3.63, 3.8) is 0 Å². The van der Waals surface area contributed by atoms with Gasteiger partial charge in [0.05, 0.1) is 22.4 Å². The molecule has 6 heteroatoms. The zero-order valence-corrected chi connectivity index (χ0v) is 19.1. The van der Waals surface area contributed by atoms with Crippen LogP contribution < -0.4 is 4.90 Å². The predicted octanol–water partition coefficient (Wildman–Crippen LogP) is 5.38. The van der Waals surface area contributed by atoms with Crippen molar-refractivity contribution >= 4 is 40.0 Å². The maximum atomic E-state index is 13.3. The van der Waals surface area contributed by atoms with Crippen molar-refractivity contribution in [2.75, 3.05) is 4.90 Å². The number of rotatable bonds is 5. The number of carbonyl (C=O) groups is 4. The molecule has 4 aromatic rings. The Hall–Kier alpha value is -4.58. The molecule has 5 rings (SSSR count). The van der Waals surface area contributed by atoms with E-state index in [2.05, 4.69) is 0 Å². The summed E-state index contributed by atoms with van der Waals surface area (Å²) in [5.74, 6) is -2.04. The molecule has 0 fully saturated rings. The van der Waals surface area contributed by atoms with Crippen LogP contribution >= 0.6 is 0 Å². The van der Waals surface area contributed by atoms with Gasteiger partial charge in [0.15, 0.2) is 6.10 Å². The van der Waals surface area contributed by atoms with Crippen molar-refractivity contribution in [1.82, 2.24) is 0 Å². The minimum atomic E-state index is -1.01. The number of anilines is 1. The van der Waals surface area contributed by atoms with E-state index in [0.29, 0.717) is 11.3 Å². The third-order valence-electron chi connectivity index (χ3n) is 6.12. The summed E-state index contributed by atoms with van der Waals surface area (Å²) in [5, 5.41) is 1.67. The molecule has 0 bridgehead atoms. The molecule has 0 N–H and O–H groups in total. The highest BCUT2D eigenvalue weighted by atomic mass is 16.5. The molecule has 0 saturated heterocycles. The minimum absolute atomic E-state index is 0.0909. The molecule has 0 spiro atoms. The highest BCUT2D eigenvalue weighted by molar-refractivity contribution is 6.36. The van der Waals surface area contributed by atoms with Gasteiger partial charge in [-0.2, -0.15) is 0 Å². The zero-order valence-electron chi connectivity index (χ0n) is 19.1. The van der Waals surface area contributed by atoms with Crippen molar-refractivity contribution in [1.29, 1.82) is 0 Å². The number of amides is 2. The van der Waals surface area contributed by atoms with Crippen LogP contribution in [0.2, 0.25) is 0 Å². The van der Waals surface area contributed by atoms with Crippen LogP contribution in [0, 0.1) is 6.92 Å². The van der Waals surface area contributed by atoms with Crippen LogP contribution in [-0.4, -0.2) is 29.7 Å². The third-order valence-corrected chi connectivity index (χ3v) is 6.12. The lowest BCUT2D eigenvalue weighted by Crippen LogP contribution is -2.29. The Balaban J connectivity index is 1.40. The van der Waals surface area contributed by atoms with E-state index in [4.69, 9.17) is 4.74 Å². The van der Waals surface area contributed by atoms with Crippen molar-refractivity contribution in [3.05, 3.63) is 113 Å². The second kappa shape index (κ2) is 8.65. The molecular formula is C29H21NO5. The van der Waals surface area contributed by atoms with Gasteiger partial charge in [0.1, 0.15) is 0 Å². The number of Topliss-reactive ketones (excluding diaryl/α,β-unsaturated/α-hetero) is 1. The van der Waals surface area contributed by atoms with E-state index in [9.17, 15) is 19.2 Å². The number of ketones is 1. The van der Waals surface area contributed by atoms with Gasteiger partial charge >= 0.3 is 5.97 Å².